The van der Waals surface area contributed by atoms with Gasteiger partial charge in [-0.25, -0.2) is 0 Å². The second kappa shape index (κ2) is 4.49. The van der Waals surface area contributed by atoms with Crippen LogP contribution in [0.4, 0.5) is 0 Å². The predicted octanol–water partition coefficient (Wildman–Crippen LogP) is 1.10. The molecule has 0 spiro atoms. The molecule has 2 nitrogen and oxygen atoms in total. The van der Waals surface area contributed by atoms with Gasteiger partial charge in [-0.3, -0.25) is 4.90 Å². The first kappa shape index (κ1) is 10.4. The number of likely N-dealkylation sites (tertiary alicyclic amines) is 1. The van der Waals surface area contributed by atoms with Gasteiger partial charge in [-0.1, -0.05) is 25.0 Å². The molecule has 1 heterocycles. The zero-order chi connectivity index (χ0) is 9.14. The lowest BCUT2D eigenvalue weighted by Gasteiger charge is -2.38. The molecular formula is C9H19NOS. The normalized spacial score (nSPS) is 22.8. The number of nitrogens with zero attached hydrogens (tertiary/aromatic N) is 1. The van der Waals surface area contributed by atoms with Crippen molar-refractivity contribution in [1.29, 1.82) is 0 Å². The zero-order valence-electron chi connectivity index (χ0n) is 8.25. The molecule has 1 aliphatic heterocycles. The molecule has 0 N–H and O–H groups in total. The third-order valence-corrected chi connectivity index (χ3v) is 3.65. The quantitative estimate of drug-likeness (QED) is 0.619. The van der Waals surface area contributed by atoms with Gasteiger partial charge < -0.3 is 4.55 Å². The molecule has 0 aromatic heterocycles. The summed E-state index contributed by atoms with van der Waals surface area (Å²) in [5, 5.41) is 0.456. The molecule has 0 aliphatic carbocycles. The van der Waals surface area contributed by atoms with Crippen LogP contribution >= 0.6 is 0 Å². The molecule has 12 heavy (non-hydrogen) atoms. The van der Waals surface area contributed by atoms with Crippen LogP contribution in [-0.2, 0) is 11.2 Å². The second-order valence-corrected chi connectivity index (χ2v) is 5.73. The first-order valence-electron chi connectivity index (χ1n) is 4.64. The Labute approximate surface area is 78.5 Å². The van der Waals surface area contributed by atoms with Crippen molar-refractivity contribution in [2.75, 3.05) is 25.9 Å². The van der Waals surface area contributed by atoms with Crippen LogP contribution in [0.3, 0.4) is 0 Å². The summed E-state index contributed by atoms with van der Waals surface area (Å²) < 4.78 is 11.0. The van der Waals surface area contributed by atoms with Crippen molar-refractivity contribution in [3.05, 3.63) is 0 Å². The number of hydrogen-bond acceptors (Lipinski definition) is 2. The largest absolute Gasteiger partial charge is 0.616 e. The van der Waals surface area contributed by atoms with Crippen LogP contribution < -0.4 is 0 Å². The molecule has 72 valence electrons. The van der Waals surface area contributed by atoms with E-state index >= 15 is 0 Å². The lowest BCUT2D eigenvalue weighted by Crippen LogP contribution is -2.54. The van der Waals surface area contributed by atoms with Gasteiger partial charge in [0, 0.05) is 13.1 Å². The van der Waals surface area contributed by atoms with Gasteiger partial charge in [-0.05, 0) is 18.9 Å². The Balaban J connectivity index is 2.02. The molecule has 1 saturated heterocycles. The Kier molecular flexibility index (Phi) is 3.87. The summed E-state index contributed by atoms with van der Waals surface area (Å²) in [4.78, 5) is 2.39. The van der Waals surface area contributed by atoms with E-state index in [4.69, 9.17) is 0 Å². The summed E-state index contributed by atoms with van der Waals surface area (Å²) in [5.41, 5.74) is 0. The standard InChI is InChI=1S/C9H19NOS/c1-8(2)4-5-10-6-9(7-10)12(3)11/h8-9H,4-7H2,1-3H3. The molecule has 1 fully saturated rings. The highest BCUT2D eigenvalue weighted by Crippen LogP contribution is 2.16. The first-order chi connectivity index (χ1) is 5.59. The summed E-state index contributed by atoms with van der Waals surface area (Å²) >= 11 is -0.600. The number of hydrogen-bond donors (Lipinski definition) is 0. The van der Waals surface area contributed by atoms with Crippen molar-refractivity contribution in [2.45, 2.75) is 25.5 Å². The van der Waals surface area contributed by atoms with Crippen molar-refractivity contribution in [3.63, 3.8) is 0 Å². The molecule has 3 heteroatoms. The van der Waals surface area contributed by atoms with Crippen molar-refractivity contribution < 1.29 is 4.55 Å². The van der Waals surface area contributed by atoms with E-state index in [2.05, 4.69) is 18.7 Å². The summed E-state index contributed by atoms with van der Waals surface area (Å²) in [6, 6.07) is 0. The van der Waals surface area contributed by atoms with E-state index in [0.717, 1.165) is 19.0 Å². The minimum absolute atomic E-state index is 0.456. The van der Waals surface area contributed by atoms with E-state index in [-0.39, 0.29) is 0 Å². The van der Waals surface area contributed by atoms with Crippen LogP contribution in [0.5, 0.6) is 0 Å². The second-order valence-electron chi connectivity index (χ2n) is 4.06. The maximum absolute atomic E-state index is 11.0. The lowest BCUT2D eigenvalue weighted by molar-refractivity contribution is 0.175. The number of rotatable bonds is 4. The molecule has 0 aromatic carbocycles. The first-order valence-corrected chi connectivity index (χ1v) is 6.26. The Bertz CT molecular complexity index is 130. The van der Waals surface area contributed by atoms with E-state index in [9.17, 15) is 4.55 Å². The highest BCUT2D eigenvalue weighted by atomic mass is 32.2. The average Bonchev–Trinajstić information content (AvgIpc) is 1.82. The molecule has 0 amide bonds. The fourth-order valence-electron chi connectivity index (χ4n) is 1.36. The molecule has 1 unspecified atom stereocenters. The molecule has 0 aromatic rings. The Hall–Kier alpha value is 0.270. The monoisotopic (exact) mass is 189 g/mol. The fourth-order valence-corrected chi connectivity index (χ4v) is 2.20. The van der Waals surface area contributed by atoms with Gasteiger partial charge in [0.1, 0.15) is 5.25 Å². The van der Waals surface area contributed by atoms with Gasteiger partial charge >= 0.3 is 0 Å². The highest BCUT2D eigenvalue weighted by Gasteiger charge is 2.33. The van der Waals surface area contributed by atoms with Crippen LogP contribution in [0.1, 0.15) is 20.3 Å². The maximum Gasteiger partial charge on any atom is 0.140 e. The van der Waals surface area contributed by atoms with Gasteiger partial charge in [0.2, 0.25) is 0 Å². The Morgan fingerprint density at radius 2 is 2.08 bits per heavy atom. The highest BCUT2D eigenvalue weighted by molar-refractivity contribution is 7.91. The van der Waals surface area contributed by atoms with Gasteiger partial charge in [-0.2, -0.15) is 0 Å². The minimum atomic E-state index is -0.600. The third kappa shape index (κ3) is 2.96. The van der Waals surface area contributed by atoms with E-state index in [1.165, 1.54) is 13.0 Å². The van der Waals surface area contributed by atoms with Crippen molar-refractivity contribution in [1.82, 2.24) is 4.90 Å². The third-order valence-electron chi connectivity index (χ3n) is 2.42. The lowest BCUT2D eigenvalue weighted by atomic mass is 10.1. The Morgan fingerprint density at radius 3 is 2.50 bits per heavy atom. The van der Waals surface area contributed by atoms with Crippen molar-refractivity contribution in [2.24, 2.45) is 5.92 Å². The van der Waals surface area contributed by atoms with Gasteiger partial charge in [0.15, 0.2) is 0 Å². The molecule has 1 rings (SSSR count). The van der Waals surface area contributed by atoms with Gasteiger partial charge in [-0.15, -0.1) is 0 Å². The van der Waals surface area contributed by atoms with Crippen LogP contribution in [-0.4, -0.2) is 40.6 Å². The fraction of sp³-hybridized carbons (Fsp3) is 1.00. The predicted molar refractivity (Wildman–Crippen MR) is 53.7 cm³/mol. The topological polar surface area (TPSA) is 26.3 Å². The maximum atomic E-state index is 11.0. The Morgan fingerprint density at radius 1 is 1.50 bits per heavy atom. The van der Waals surface area contributed by atoms with E-state index in [0.29, 0.717) is 5.25 Å². The van der Waals surface area contributed by atoms with Crippen molar-refractivity contribution >= 4 is 11.2 Å². The average molecular weight is 189 g/mol. The smallest absolute Gasteiger partial charge is 0.140 e. The SMILES string of the molecule is CC(C)CCN1CC([S+](C)[O-])C1. The van der Waals surface area contributed by atoms with E-state index in [1.54, 1.807) is 0 Å². The van der Waals surface area contributed by atoms with Crippen LogP contribution in [0, 0.1) is 5.92 Å². The van der Waals surface area contributed by atoms with E-state index < -0.39 is 11.2 Å². The molecule has 1 aliphatic rings. The minimum Gasteiger partial charge on any atom is -0.616 e. The van der Waals surface area contributed by atoms with Gasteiger partial charge in [0.25, 0.3) is 0 Å². The van der Waals surface area contributed by atoms with Crippen LogP contribution in [0.2, 0.25) is 0 Å². The molecule has 1 atom stereocenters. The molecular weight excluding hydrogens is 170 g/mol. The van der Waals surface area contributed by atoms with E-state index in [1.807, 2.05) is 6.26 Å². The molecule has 0 radical (unpaired) electrons. The molecule has 0 bridgehead atoms. The van der Waals surface area contributed by atoms with Crippen LogP contribution in [0.25, 0.3) is 0 Å². The summed E-state index contributed by atoms with van der Waals surface area (Å²) in [7, 11) is 0. The molecule has 0 saturated carbocycles. The van der Waals surface area contributed by atoms with Crippen LogP contribution in [0.15, 0.2) is 0 Å². The summed E-state index contributed by atoms with van der Waals surface area (Å²) in [6.45, 7) is 7.78. The summed E-state index contributed by atoms with van der Waals surface area (Å²) in [6.07, 6.45) is 3.08. The van der Waals surface area contributed by atoms with Crippen molar-refractivity contribution in [3.8, 4) is 0 Å². The zero-order valence-corrected chi connectivity index (χ0v) is 9.06. The summed E-state index contributed by atoms with van der Waals surface area (Å²) in [5.74, 6) is 0.788. The van der Waals surface area contributed by atoms with Gasteiger partial charge in [0.05, 0.1) is 6.26 Å².